The number of aromatic nitrogens is 2. The minimum Gasteiger partial charge on any atom is -0.333 e. The Labute approximate surface area is 63.9 Å². The molecule has 1 rings (SSSR count). The summed E-state index contributed by atoms with van der Waals surface area (Å²) >= 11 is 0. The van der Waals surface area contributed by atoms with Crippen molar-refractivity contribution in [3.63, 3.8) is 0 Å². The van der Waals surface area contributed by atoms with E-state index in [-0.39, 0.29) is 6.01 Å². The fraction of sp³-hybridized carbons (Fsp3) is 0.250. The van der Waals surface area contributed by atoms with Crippen molar-refractivity contribution >= 4 is 10.3 Å². The number of hydrogen-bond acceptors (Lipinski definition) is 4. The van der Waals surface area contributed by atoms with Gasteiger partial charge in [0.05, 0.1) is 0 Å². The Kier molecular flexibility index (Phi) is 1.83. The first-order valence-electron chi connectivity index (χ1n) is 2.68. The Morgan fingerprint density at radius 1 is 1.73 bits per heavy atom. The molecular weight excluding hydrogens is 170 g/mol. The quantitative estimate of drug-likeness (QED) is 0.627. The van der Waals surface area contributed by atoms with Crippen LogP contribution in [0.15, 0.2) is 12.4 Å². The molecule has 1 aromatic heterocycles. The fourth-order valence-electron chi connectivity index (χ4n) is 0.536. The molecule has 0 amide bonds. The zero-order valence-electron chi connectivity index (χ0n) is 5.76. The van der Waals surface area contributed by atoms with E-state index in [4.69, 9.17) is 0 Å². The number of rotatable bonds is 2. The second kappa shape index (κ2) is 2.51. The summed E-state index contributed by atoms with van der Waals surface area (Å²) in [5.74, 6) is 0. The molecule has 6 nitrogen and oxygen atoms in total. The van der Waals surface area contributed by atoms with Crippen LogP contribution in [0.5, 0.6) is 6.01 Å². The first-order chi connectivity index (χ1) is 4.99. The van der Waals surface area contributed by atoms with Gasteiger partial charge in [-0.15, -0.1) is 0 Å². The fourth-order valence-corrected chi connectivity index (χ4v) is 0.905. The number of aryl methyl sites for hydroxylation is 1. The second-order valence-electron chi connectivity index (χ2n) is 1.90. The average Bonchev–Trinajstić information content (AvgIpc) is 2.12. The summed E-state index contributed by atoms with van der Waals surface area (Å²) in [6.45, 7) is 0. The number of nitrogens with zero attached hydrogens (tertiary/aromatic N) is 2. The van der Waals surface area contributed by atoms with Gasteiger partial charge in [0.25, 0.3) is 0 Å². The van der Waals surface area contributed by atoms with Gasteiger partial charge in [0, 0.05) is 19.4 Å². The van der Waals surface area contributed by atoms with E-state index in [2.05, 4.69) is 14.3 Å². The highest BCUT2D eigenvalue weighted by Crippen LogP contribution is 2.04. The van der Waals surface area contributed by atoms with Crippen LogP contribution in [0.4, 0.5) is 0 Å². The summed E-state index contributed by atoms with van der Waals surface area (Å²) in [4.78, 5) is 3.58. The third kappa shape index (κ3) is 2.20. The van der Waals surface area contributed by atoms with Crippen molar-refractivity contribution in [1.29, 1.82) is 0 Å². The molecule has 0 aliphatic heterocycles. The molecule has 2 N–H and O–H groups in total. The molecule has 0 saturated carbocycles. The predicted molar refractivity (Wildman–Crippen MR) is 36.9 cm³/mol. The first kappa shape index (κ1) is 8.02. The van der Waals surface area contributed by atoms with E-state index in [9.17, 15) is 8.42 Å². The summed E-state index contributed by atoms with van der Waals surface area (Å²) < 4.78 is 26.4. The van der Waals surface area contributed by atoms with Crippen molar-refractivity contribution < 1.29 is 12.6 Å². The van der Waals surface area contributed by atoms with Crippen LogP contribution in [0.25, 0.3) is 0 Å². The lowest BCUT2D eigenvalue weighted by molar-refractivity contribution is 0.454. The van der Waals surface area contributed by atoms with Crippen LogP contribution >= 0.6 is 0 Å². The van der Waals surface area contributed by atoms with Gasteiger partial charge in [-0.25, -0.2) is 4.98 Å². The molecule has 0 aliphatic carbocycles. The van der Waals surface area contributed by atoms with Gasteiger partial charge >= 0.3 is 16.3 Å². The lowest BCUT2D eigenvalue weighted by atomic mass is 10.9. The lowest BCUT2D eigenvalue weighted by Crippen LogP contribution is -2.20. The highest BCUT2D eigenvalue weighted by atomic mass is 32.2. The molecule has 0 aromatic carbocycles. The van der Waals surface area contributed by atoms with Crippen LogP contribution in [0.2, 0.25) is 0 Å². The monoisotopic (exact) mass is 177 g/mol. The molecule has 11 heavy (non-hydrogen) atoms. The third-order valence-corrected chi connectivity index (χ3v) is 1.35. The topological polar surface area (TPSA) is 87.2 Å². The van der Waals surface area contributed by atoms with Crippen LogP contribution in [0.3, 0.4) is 0 Å². The minimum atomic E-state index is -3.95. The van der Waals surface area contributed by atoms with Crippen LogP contribution in [-0.2, 0) is 17.4 Å². The summed E-state index contributed by atoms with van der Waals surface area (Å²) in [7, 11) is -2.36. The van der Waals surface area contributed by atoms with Gasteiger partial charge in [0.2, 0.25) is 0 Å². The molecule has 1 aromatic rings. The normalized spacial score (nSPS) is 11.5. The molecule has 7 heteroatoms. The van der Waals surface area contributed by atoms with Crippen LogP contribution < -0.4 is 9.32 Å². The van der Waals surface area contributed by atoms with Gasteiger partial charge < -0.3 is 8.75 Å². The van der Waals surface area contributed by atoms with Crippen molar-refractivity contribution in [3.05, 3.63) is 12.4 Å². The van der Waals surface area contributed by atoms with Crippen molar-refractivity contribution in [2.75, 3.05) is 0 Å². The average molecular weight is 177 g/mol. The molecule has 0 spiro atoms. The van der Waals surface area contributed by atoms with Crippen molar-refractivity contribution in [1.82, 2.24) is 9.55 Å². The van der Waals surface area contributed by atoms with Crippen molar-refractivity contribution in [3.8, 4) is 6.01 Å². The zero-order chi connectivity index (χ0) is 8.48. The number of imidazole rings is 1. The van der Waals surface area contributed by atoms with Gasteiger partial charge in [0.15, 0.2) is 0 Å². The molecule has 0 fully saturated rings. The lowest BCUT2D eigenvalue weighted by Gasteiger charge is -1.99. The maximum atomic E-state index is 10.4. The molecular formula is C4H7N3O3S. The SMILES string of the molecule is Cn1ccnc1OS(N)(=O)=O. The standard InChI is InChI=1S/C4H7N3O3S/c1-7-3-2-6-4(7)10-11(5,8)9/h2-3H,1H3,(H2,5,8,9). The first-order valence-corrected chi connectivity index (χ1v) is 4.16. The maximum absolute atomic E-state index is 10.4. The highest BCUT2D eigenvalue weighted by molar-refractivity contribution is 7.84. The molecule has 0 unspecified atom stereocenters. The highest BCUT2D eigenvalue weighted by Gasteiger charge is 2.07. The Morgan fingerprint density at radius 3 is 2.73 bits per heavy atom. The van der Waals surface area contributed by atoms with E-state index in [0.717, 1.165) is 0 Å². The molecule has 0 radical (unpaired) electrons. The van der Waals surface area contributed by atoms with Gasteiger partial charge in [-0.1, -0.05) is 0 Å². The van der Waals surface area contributed by atoms with E-state index >= 15 is 0 Å². The van der Waals surface area contributed by atoms with E-state index in [1.165, 1.54) is 10.8 Å². The van der Waals surface area contributed by atoms with Crippen molar-refractivity contribution in [2.24, 2.45) is 12.2 Å². The Bertz CT molecular complexity index is 341. The van der Waals surface area contributed by atoms with Gasteiger partial charge in [-0.2, -0.15) is 13.6 Å². The van der Waals surface area contributed by atoms with Gasteiger partial charge in [0.1, 0.15) is 0 Å². The van der Waals surface area contributed by atoms with E-state index in [0.29, 0.717) is 0 Å². The minimum absolute atomic E-state index is 0.0486. The maximum Gasteiger partial charge on any atom is 0.382 e. The zero-order valence-corrected chi connectivity index (χ0v) is 6.58. The molecule has 0 aliphatic rings. The molecule has 62 valence electrons. The van der Waals surface area contributed by atoms with E-state index in [1.807, 2.05) is 0 Å². The van der Waals surface area contributed by atoms with Crippen molar-refractivity contribution in [2.45, 2.75) is 0 Å². The summed E-state index contributed by atoms with van der Waals surface area (Å²) in [5, 5.41) is 4.59. The van der Waals surface area contributed by atoms with Gasteiger partial charge in [-0.3, -0.25) is 0 Å². The van der Waals surface area contributed by atoms with E-state index < -0.39 is 10.3 Å². The Balaban J connectivity index is 2.89. The Morgan fingerprint density at radius 2 is 2.36 bits per heavy atom. The number of hydrogen-bond donors (Lipinski definition) is 1. The third-order valence-electron chi connectivity index (χ3n) is 0.968. The summed E-state index contributed by atoms with van der Waals surface area (Å²) in [5.41, 5.74) is 0. The largest absolute Gasteiger partial charge is 0.382 e. The van der Waals surface area contributed by atoms with Crippen LogP contribution in [-0.4, -0.2) is 18.0 Å². The molecule has 0 atom stereocenters. The smallest absolute Gasteiger partial charge is 0.333 e. The predicted octanol–water partition coefficient (Wildman–Crippen LogP) is -0.998. The molecule has 1 heterocycles. The van der Waals surface area contributed by atoms with Crippen LogP contribution in [0, 0.1) is 0 Å². The van der Waals surface area contributed by atoms with E-state index in [1.54, 1.807) is 13.2 Å². The Hall–Kier alpha value is -1.08. The van der Waals surface area contributed by atoms with Crippen LogP contribution in [0.1, 0.15) is 0 Å². The molecule has 0 bridgehead atoms. The molecule has 0 saturated heterocycles. The summed E-state index contributed by atoms with van der Waals surface area (Å²) in [6, 6.07) is -0.0486. The number of nitrogens with two attached hydrogens (primary N) is 1. The summed E-state index contributed by atoms with van der Waals surface area (Å²) in [6.07, 6.45) is 2.95. The van der Waals surface area contributed by atoms with Gasteiger partial charge in [-0.05, 0) is 0 Å². The second-order valence-corrected chi connectivity index (χ2v) is 3.05.